The molecule has 0 bridgehead atoms. The van der Waals surface area contributed by atoms with Crippen LogP contribution in [0.2, 0.25) is 0 Å². The normalized spacial score (nSPS) is 12.1. The fourth-order valence-corrected chi connectivity index (χ4v) is 2.34. The molecule has 0 N–H and O–H groups in total. The lowest BCUT2D eigenvalue weighted by Crippen LogP contribution is -2.33. The molecule has 0 radical (unpaired) electrons. The summed E-state index contributed by atoms with van der Waals surface area (Å²) in [6.45, 7) is 7.35. The van der Waals surface area contributed by atoms with E-state index < -0.39 is 0 Å². The second-order valence-electron chi connectivity index (χ2n) is 5.64. The van der Waals surface area contributed by atoms with Gasteiger partial charge in [0.05, 0.1) is 0 Å². The minimum atomic E-state index is 0.0245. The Labute approximate surface area is 138 Å². The summed E-state index contributed by atoms with van der Waals surface area (Å²) in [5.74, 6) is 0. The van der Waals surface area contributed by atoms with Crippen molar-refractivity contribution < 1.29 is 4.74 Å². The average molecular weight is 312 g/mol. The molecular weight excluding hydrogens is 288 g/mol. The second-order valence-corrected chi connectivity index (χ2v) is 5.64. The number of ether oxygens (including phenoxy) is 1. The molecule has 0 amide bonds. The third kappa shape index (κ3) is 6.16. The maximum Gasteiger partial charge on any atom is 0.316 e. The quantitative estimate of drug-likeness (QED) is 0.666. The van der Waals surface area contributed by atoms with Crippen molar-refractivity contribution in [3.05, 3.63) is 60.7 Å². The summed E-state index contributed by atoms with van der Waals surface area (Å²) in [6.07, 6.45) is 9.12. The summed E-state index contributed by atoms with van der Waals surface area (Å²) in [5, 5.41) is 0. The second kappa shape index (κ2) is 9.00. The molecule has 0 aliphatic heterocycles. The Morgan fingerprint density at radius 3 is 2.91 bits per heavy atom. The van der Waals surface area contributed by atoms with Crippen LogP contribution in [0.4, 0.5) is 0 Å². The number of hydrogen-bond donors (Lipinski definition) is 0. The number of nitrogens with zero attached hydrogens (tertiary/aromatic N) is 4. The van der Waals surface area contributed by atoms with Crippen LogP contribution >= 0.6 is 0 Å². The van der Waals surface area contributed by atoms with E-state index in [4.69, 9.17) is 4.74 Å². The standard InChI is InChI=1S/C18H24N4O/c1-4-5-8-17(23-18-20-11-9-15(2)21-18)14-22(3)13-16-7-6-10-19-12-16/h4,6-7,9-12,17H,1,5,8,13-14H2,2-3H3. The lowest BCUT2D eigenvalue weighted by atomic mass is 10.1. The van der Waals surface area contributed by atoms with Crippen molar-refractivity contribution in [2.45, 2.75) is 32.4 Å². The van der Waals surface area contributed by atoms with Crippen LogP contribution in [0, 0.1) is 6.92 Å². The van der Waals surface area contributed by atoms with Gasteiger partial charge < -0.3 is 4.74 Å². The molecule has 2 rings (SSSR count). The predicted molar refractivity (Wildman–Crippen MR) is 91.2 cm³/mol. The van der Waals surface area contributed by atoms with E-state index in [1.807, 2.05) is 31.3 Å². The molecule has 1 atom stereocenters. The van der Waals surface area contributed by atoms with Gasteiger partial charge in [0.2, 0.25) is 0 Å². The van der Waals surface area contributed by atoms with E-state index in [1.54, 1.807) is 12.4 Å². The van der Waals surface area contributed by atoms with Gasteiger partial charge in [-0.15, -0.1) is 6.58 Å². The highest BCUT2D eigenvalue weighted by atomic mass is 16.5. The van der Waals surface area contributed by atoms with Gasteiger partial charge in [-0.1, -0.05) is 12.1 Å². The summed E-state index contributed by atoms with van der Waals surface area (Å²) in [4.78, 5) is 14.9. The van der Waals surface area contributed by atoms with Crippen molar-refractivity contribution >= 4 is 0 Å². The number of aromatic nitrogens is 3. The molecule has 5 heteroatoms. The van der Waals surface area contributed by atoms with Gasteiger partial charge in [-0.05, 0) is 44.5 Å². The third-order valence-electron chi connectivity index (χ3n) is 3.43. The lowest BCUT2D eigenvalue weighted by molar-refractivity contribution is 0.126. The molecular formula is C18H24N4O. The molecule has 0 saturated carbocycles. The van der Waals surface area contributed by atoms with E-state index >= 15 is 0 Å². The van der Waals surface area contributed by atoms with Crippen LogP contribution in [0.5, 0.6) is 6.01 Å². The molecule has 2 aromatic rings. The molecule has 23 heavy (non-hydrogen) atoms. The molecule has 0 saturated heterocycles. The van der Waals surface area contributed by atoms with Crippen LogP contribution < -0.4 is 4.74 Å². The van der Waals surface area contributed by atoms with Crippen molar-refractivity contribution in [1.29, 1.82) is 0 Å². The number of allylic oxidation sites excluding steroid dienone is 1. The number of aryl methyl sites for hydroxylation is 1. The molecule has 122 valence electrons. The largest absolute Gasteiger partial charge is 0.459 e. The highest BCUT2D eigenvalue weighted by Crippen LogP contribution is 2.11. The Balaban J connectivity index is 1.95. The van der Waals surface area contributed by atoms with Gasteiger partial charge in [0.1, 0.15) is 6.10 Å². The average Bonchev–Trinajstić information content (AvgIpc) is 2.53. The number of pyridine rings is 1. The highest BCUT2D eigenvalue weighted by Gasteiger charge is 2.15. The van der Waals surface area contributed by atoms with Gasteiger partial charge in [0, 0.05) is 37.4 Å². The lowest BCUT2D eigenvalue weighted by Gasteiger charge is -2.24. The zero-order valence-electron chi connectivity index (χ0n) is 13.9. The van der Waals surface area contributed by atoms with Crippen LogP contribution in [0.15, 0.2) is 49.4 Å². The molecule has 0 fully saturated rings. The third-order valence-corrected chi connectivity index (χ3v) is 3.43. The van der Waals surface area contributed by atoms with Gasteiger partial charge in [0.15, 0.2) is 0 Å². The van der Waals surface area contributed by atoms with Crippen molar-refractivity contribution in [3.63, 3.8) is 0 Å². The van der Waals surface area contributed by atoms with E-state index in [2.05, 4.69) is 39.5 Å². The summed E-state index contributed by atoms with van der Waals surface area (Å²) >= 11 is 0. The van der Waals surface area contributed by atoms with Gasteiger partial charge in [0.25, 0.3) is 0 Å². The van der Waals surface area contributed by atoms with Crippen molar-refractivity contribution in [1.82, 2.24) is 19.9 Å². The first-order valence-corrected chi connectivity index (χ1v) is 7.82. The van der Waals surface area contributed by atoms with Crippen molar-refractivity contribution in [3.8, 4) is 6.01 Å². The fraction of sp³-hybridized carbons (Fsp3) is 0.389. The summed E-state index contributed by atoms with van der Waals surface area (Å²) < 4.78 is 5.98. The summed E-state index contributed by atoms with van der Waals surface area (Å²) in [7, 11) is 2.08. The maximum absolute atomic E-state index is 5.98. The first-order valence-electron chi connectivity index (χ1n) is 7.82. The predicted octanol–water partition coefficient (Wildman–Crippen LogP) is 3.03. The smallest absolute Gasteiger partial charge is 0.316 e. The molecule has 5 nitrogen and oxygen atoms in total. The monoisotopic (exact) mass is 312 g/mol. The molecule has 2 heterocycles. The molecule has 0 aliphatic rings. The number of hydrogen-bond acceptors (Lipinski definition) is 5. The Morgan fingerprint density at radius 1 is 1.35 bits per heavy atom. The first-order chi connectivity index (χ1) is 11.2. The summed E-state index contributed by atoms with van der Waals surface area (Å²) in [5.41, 5.74) is 2.09. The van der Waals surface area contributed by atoms with Crippen LogP contribution in [0.3, 0.4) is 0 Å². The van der Waals surface area contributed by atoms with Crippen LogP contribution in [-0.4, -0.2) is 39.5 Å². The minimum absolute atomic E-state index is 0.0245. The molecule has 1 unspecified atom stereocenters. The Hall–Kier alpha value is -2.27. The molecule has 0 spiro atoms. The van der Waals surface area contributed by atoms with E-state index in [-0.39, 0.29) is 6.10 Å². The Kier molecular flexibility index (Phi) is 6.69. The molecule has 0 aliphatic carbocycles. The van der Waals surface area contributed by atoms with Crippen molar-refractivity contribution in [2.75, 3.05) is 13.6 Å². The number of likely N-dealkylation sites (N-methyl/N-ethyl adjacent to an activating group) is 1. The van der Waals surface area contributed by atoms with E-state index in [9.17, 15) is 0 Å². The van der Waals surface area contributed by atoms with Crippen molar-refractivity contribution in [2.24, 2.45) is 0 Å². The van der Waals surface area contributed by atoms with Gasteiger partial charge in [-0.25, -0.2) is 9.97 Å². The van der Waals surface area contributed by atoms with E-state index in [1.165, 1.54) is 5.56 Å². The SMILES string of the molecule is C=CCCC(CN(C)Cc1cccnc1)Oc1nccc(C)n1. The Morgan fingerprint density at radius 2 is 2.22 bits per heavy atom. The maximum atomic E-state index is 5.98. The minimum Gasteiger partial charge on any atom is -0.459 e. The van der Waals surface area contributed by atoms with Gasteiger partial charge in [-0.3, -0.25) is 9.88 Å². The van der Waals surface area contributed by atoms with E-state index in [0.717, 1.165) is 31.6 Å². The van der Waals surface area contributed by atoms with Gasteiger partial charge in [-0.2, -0.15) is 0 Å². The zero-order chi connectivity index (χ0) is 16.5. The van der Waals surface area contributed by atoms with Crippen LogP contribution in [0.1, 0.15) is 24.1 Å². The molecule has 0 aromatic carbocycles. The number of rotatable bonds is 9. The molecule has 2 aromatic heterocycles. The van der Waals surface area contributed by atoms with Crippen LogP contribution in [0.25, 0.3) is 0 Å². The Bertz CT molecular complexity index is 603. The summed E-state index contributed by atoms with van der Waals surface area (Å²) in [6, 6.07) is 6.33. The zero-order valence-corrected chi connectivity index (χ0v) is 13.9. The van der Waals surface area contributed by atoms with Crippen LogP contribution in [-0.2, 0) is 6.54 Å². The topological polar surface area (TPSA) is 51.1 Å². The first kappa shape index (κ1) is 17.1. The fourth-order valence-electron chi connectivity index (χ4n) is 2.34. The van der Waals surface area contributed by atoms with Gasteiger partial charge >= 0.3 is 6.01 Å². The van der Waals surface area contributed by atoms with E-state index in [0.29, 0.717) is 6.01 Å². The highest BCUT2D eigenvalue weighted by molar-refractivity contribution is 5.08.